The summed E-state index contributed by atoms with van der Waals surface area (Å²) in [6.45, 7) is 4.36. The summed E-state index contributed by atoms with van der Waals surface area (Å²) in [4.78, 5) is 17.5. The molecule has 1 aliphatic heterocycles. The normalized spacial score (nSPS) is 15.5. The van der Waals surface area contributed by atoms with Gasteiger partial charge in [-0.3, -0.25) is 19.5 Å². The van der Waals surface area contributed by atoms with Crippen molar-refractivity contribution in [2.75, 3.05) is 13.6 Å². The molecular weight excluding hydrogens is 300 g/mol. The maximum Gasteiger partial charge on any atom is 0.144 e. The summed E-state index contributed by atoms with van der Waals surface area (Å²) in [6, 6.07) is 6.14. The summed E-state index contributed by atoms with van der Waals surface area (Å²) < 4.78 is 2.02. The lowest BCUT2D eigenvalue weighted by molar-refractivity contribution is 1.07. The highest BCUT2D eigenvalue weighted by molar-refractivity contribution is 6.14. The van der Waals surface area contributed by atoms with Crippen molar-refractivity contribution in [2.24, 2.45) is 9.98 Å². The molecule has 0 aromatic carbocycles. The Balaban J connectivity index is 1.75. The number of nitrogens with zero attached hydrogens (tertiary/aromatic N) is 5. The zero-order chi connectivity index (χ0) is 16.5. The van der Waals surface area contributed by atoms with E-state index in [1.54, 1.807) is 19.3 Å². The number of aliphatic imine (C=N–C) groups is 2. The Morgan fingerprint density at radius 1 is 1.29 bits per heavy atom. The maximum absolute atomic E-state index is 4.54. The highest BCUT2D eigenvalue weighted by Crippen LogP contribution is 2.20. The van der Waals surface area contributed by atoms with Crippen LogP contribution in [0.1, 0.15) is 11.1 Å². The van der Waals surface area contributed by atoms with Crippen LogP contribution in [0.2, 0.25) is 0 Å². The van der Waals surface area contributed by atoms with Gasteiger partial charge in [-0.25, -0.2) is 4.98 Å². The second-order valence-corrected chi connectivity index (χ2v) is 5.46. The quantitative estimate of drug-likeness (QED) is 0.807. The van der Waals surface area contributed by atoms with E-state index in [2.05, 4.69) is 37.9 Å². The van der Waals surface area contributed by atoms with Gasteiger partial charge in [0.25, 0.3) is 0 Å². The molecule has 0 spiro atoms. The summed E-state index contributed by atoms with van der Waals surface area (Å²) >= 11 is 0. The fourth-order valence-electron chi connectivity index (χ4n) is 2.71. The number of hydrogen-bond acceptors (Lipinski definition) is 4. The SMILES string of the molecule is C=Cc1cnc2c(ccn2-c2cncc(C3=NCC(=NC)N3)c2)c1. The molecule has 118 valence electrons. The van der Waals surface area contributed by atoms with Crippen LogP contribution in [0.5, 0.6) is 0 Å². The van der Waals surface area contributed by atoms with Crippen molar-refractivity contribution >= 4 is 28.8 Å². The molecular formula is C18H16N6. The summed E-state index contributed by atoms with van der Waals surface area (Å²) in [5.74, 6) is 1.66. The van der Waals surface area contributed by atoms with E-state index in [0.29, 0.717) is 6.54 Å². The molecule has 0 bridgehead atoms. The average Bonchev–Trinajstić information content (AvgIpc) is 3.28. The number of nitrogens with one attached hydrogen (secondary N) is 1. The van der Waals surface area contributed by atoms with Gasteiger partial charge in [-0.1, -0.05) is 12.7 Å². The predicted molar refractivity (Wildman–Crippen MR) is 96.9 cm³/mol. The van der Waals surface area contributed by atoms with Crippen LogP contribution in [0, 0.1) is 0 Å². The molecule has 0 saturated heterocycles. The Bertz CT molecular complexity index is 996. The number of rotatable bonds is 3. The summed E-state index contributed by atoms with van der Waals surface area (Å²) in [5, 5.41) is 4.27. The Kier molecular flexibility index (Phi) is 3.42. The molecule has 24 heavy (non-hydrogen) atoms. The molecule has 6 heteroatoms. The topological polar surface area (TPSA) is 67.5 Å². The first-order valence-electron chi connectivity index (χ1n) is 7.61. The van der Waals surface area contributed by atoms with Crippen molar-refractivity contribution in [1.82, 2.24) is 19.9 Å². The van der Waals surface area contributed by atoms with E-state index in [1.165, 1.54) is 0 Å². The third-order valence-electron chi connectivity index (χ3n) is 3.98. The van der Waals surface area contributed by atoms with E-state index in [0.717, 1.165) is 39.5 Å². The molecule has 0 aliphatic carbocycles. The van der Waals surface area contributed by atoms with Crippen LogP contribution in [0.3, 0.4) is 0 Å². The minimum atomic E-state index is 0.578. The van der Waals surface area contributed by atoms with E-state index >= 15 is 0 Å². The van der Waals surface area contributed by atoms with E-state index in [4.69, 9.17) is 0 Å². The van der Waals surface area contributed by atoms with Gasteiger partial charge < -0.3 is 5.32 Å². The Hall–Kier alpha value is -3.28. The van der Waals surface area contributed by atoms with Crippen molar-refractivity contribution in [3.8, 4) is 5.69 Å². The molecule has 6 nitrogen and oxygen atoms in total. The van der Waals surface area contributed by atoms with Gasteiger partial charge in [-0.2, -0.15) is 0 Å². The Morgan fingerprint density at radius 2 is 2.21 bits per heavy atom. The third kappa shape index (κ3) is 2.38. The van der Waals surface area contributed by atoms with Crippen LogP contribution >= 0.6 is 0 Å². The van der Waals surface area contributed by atoms with Crippen molar-refractivity contribution in [3.05, 3.63) is 60.7 Å². The first-order chi connectivity index (χ1) is 11.8. The molecule has 0 atom stereocenters. The zero-order valence-electron chi connectivity index (χ0n) is 13.3. The molecule has 4 heterocycles. The molecule has 1 N–H and O–H groups in total. The summed E-state index contributed by atoms with van der Waals surface area (Å²) in [7, 11) is 1.75. The average molecular weight is 316 g/mol. The highest BCUT2D eigenvalue weighted by atomic mass is 15.1. The van der Waals surface area contributed by atoms with Crippen LogP contribution in [-0.2, 0) is 0 Å². The third-order valence-corrected chi connectivity index (χ3v) is 3.98. The van der Waals surface area contributed by atoms with E-state index in [9.17, 15) is 0 Å². The van der Waals surface area contributed by atoms with Crippen molar-refractivity contribution in [1.29, 1.82) is 0 Å². The second-order valence-electron chi connectivity index (χ2n) is 5.46. The van der Waals surface area contributed by atoms with Crippen molar-refractivity contribution in [3.63, 3.8) is 0 Å². The molecule has 0 fully saturated rings. The fraction of sp³-hybridized carbons (Fsp3) is 0.111. The van der Waals surface area contributed by atoms with Crippen LogP contribution in [0.25, 0.3) is 22.8 Å². The number of amidine groups is 2. The smallest absolute Gasteiger partial charge is 0.144 e. The number of hydrogen-bond donors (Lipinski definition) is 1. The van der Waals surface area contributed by atoms with Crippen LogP contribution in [0.15, 0.2) is 59.6 Å². The van der Waals surface area contributed by atoms with E-state index in [-0.39, 0.29) is 0 Å². The predicted octanol–water partition coefficient (Wildman–Crippen LogP) is 2.44. The van der Waals surface area contributed by atoms with Crippen molar-refractivity contribution in [2.45, 2.75) is 0 Å². The minimum absolute atomic E-state index is 0.578. The minimum Gasteiger partial charge on any atom is -0.327 e. The van der Waals surface area contributed by atoms with Gasteiger partial charge in [0, 0.05) is 36.6 Å². The molecule has 0 saturated carbocycles. The molecule has 3 aromatic rings. The van der Waals surface area contributed by atoms with Gasteiger partial charge in [-0.05, 0) is 23.8 Å². The Labute approximate surface area is 139 Å². The molecule has 0 radical (unpaired) electrons. The first-order valence-corrected chi connectivity index (χ1v) is 7.61. The van der Waals surface area contributed by atoms with Crippen LogP contribution in [0.4, 0.5) is 0 Å². The van der Waals surface area contributed by atoms with Crippen LogP contribution < -0.4 is 5.32 Å². The molecule has 0 amide bonds. The molecule has 3 aromatic heterocycles. The first kappa shape index (κ1) is 14.3. The van der Waals surface area contributed by atoms with Gasteiger partial charge in [0.15, 0.2) is 0 Å². The number of fused-ring (bicyclic) bond motifs is 1. The number of aromatic nitrogens is 3. The molecule has 0 unspecified atom stereocenters. The van der Waals surface area contributed by atoms with Gasteiger partial charge in [0.2, 0.25) is 0 Å². The lowest BCUT2D eigenvalue weighted by Crippen LogP contribution is -2.25. The van der Waals surface area contributed by atoms with Gasteiger partial charge >= 0.3 is 0 Å². The Morgan fingerprint density at radius 3 is 3.00 bits per heavy atom. The van der Waals surface area contributed by atoms with Gasteiger partial charge in [0.05, 0.1) is 18.4 Å². The fourth-order valence-corrected chi connectivity index (χ4v) is 2.71. The van der Waals surface area contributed by atoms with Gasteiger partial charge in [-0.15, -0.1) is 0 Å². The summed E-state index contributed by atoms with van der Waals surface area (Å²) in [6.07, 6.45) is 9.21. The molecule has 1 aliphatic rings. The second kappa shape index (κ2) is 5.73. The number of pyridine rings is 2. The maximum atomic E-state index is 4.54. The van der Waals surface area contributed by atoms with E-state index in [1.807, 2.05) is 35.3 Å². The van der Waals surface area contributed by atoms with Crippen molar-refractivity contribution < 1.29 is 0 Å². The largest absolute Gasteiger partial charge is 0.327 e. The summed E-state index contributed by atoms with van der Waals surface area (Å²) in [5.41, 5.74) is 3.75. The lowest BCUT2D eigenvalue weighted by atomic mass is 10.2. The van der Waals surface area contributed by atoms with Crippen LogP contribution in [-0.4, -0.2) is 39.8 Å². The standard InChI is InChI=1S/C18H16N6/c1-3-12-6-13-4-5-24(18(13)22-8-12)15-7-14(9-20-10-15)17-21-11-16(19-2)23-17/h3-10H,1,11H2,2H3,(H,19,21,23). The zero-order valence-corrected chi connectivity index (χ0v) is 13.3. The highest BCUT2D eigenvalue weighted by Gasteiger charge is 2.14. The van der Waals surface area contributed by atoms with E-state index < -0.39 is 0 Å². The molecule has 4 rings (SSSR count). The monoisotopic (exact) mass is 316 g/mol. The lowest BCUT2D eigenvalue weighted by Gasteiger charge is -2.08. The van der Waals surface area contributed by atoms with Gasteiger partial charge in [0.1, 0.15) is 17.3 Å².